The fourth-order valence-electron chi connectivity index (χ4n) is 3.34. The van der Waals surface area contributed by atoms with Gasteiger partial charge in [-0.1, -0.05) is 53.2 Å². The standard InChI is InChI=1S/C20H19NO5S/c1-3-24-18-16-17(14-7-5-4-6-8-14)21-26-20(16,19(22)25-18)27(23)15-11-9-13(2)10-12-15/h4-12,16,18H,3H2,1-2H3/t16-,18-,20+,27-/m0/s1. The molecule has 1 saturated heterocycles. The Morgan fingerprint density at radius 2 is 1.85 bits per heavy atom. The van der Waals surface area contributed by atoms with E-state index in [0.29, 0.717) is 17.2 Å². The van der Waals surface area contributed by atoms with Crippen LogP contribution in [0.5, 0.6) is 0 Å². The number of cyclic esters (lactones) is 1. The molecule has 4 rings (SSSR count). The minimum absolute atomic E-state index is 0.337. The van der Waals surface area contributed by atoms with Crippen molar-refractivity contribution in [3.63, 3.8) is 0 Å². The maximum Gasteiger partial charge on any atom is 0.370 e. The SMILES string of the molecule is CCO[C@H]1OC(=O)[C@@]2([S@@](=O)c3ccc(C)cc3)ON=C(c3ccccc3)[C@@H]12. The normalized spacial score (nSPS) is 27.5. The van der Waals surface area contributed by atoms with Crippen molar-refractivity contribution in [1.29, 1.82) is 0 Å². The van der Waals surface area contributed by atoms with E-state index in [0.717, 1.165) is 11.1 Å². The molecule has 0 aliphatic carbocycles. The van der Waals surface area contributed by atoms with E-state index in [-0.39, 0.29) is 0 Å². The number of hydrogen-bond donors (Lipinski definition) is 0. The molecule has 0 aromatic heterocycles. The van der Waals surface area contributed by atoms with Gasteiger partial charge >= 0.3 is 10.9 Å². The van der Waals surface area contributed by atoms with Crippen LogP contribution in [0, 0.1) is 12.8 Å². The summed E-state index contributed by atoms with van der Waals surface area (Å²) in [5, 5.41) is 4.15. The second-order valence-corrected chi connectivity index (χ2v) is 8.01. The van der Waals surface area contributed by atoms with E-state index in [9.17, 15) is 9.00 Å². The van der Waals surface area contributed by atoms with Crippen LogP contribution in [0.3, 0.4) is 0 Å². The van der Waals surface area contributed by atoms with Crippen LogP contribution in [0.15, 0.2) is 64.6 Å². The highest BCUT2D eigenvalue weighted by Crippen LogP contribution is 2.47. The van der Waals surface area contributed by atoms with E-state index in [1.165, 1.54) is 0 Å². The Morgan fingerprint density at radius 3 is 2.52 bits per heavy atom. The third-order valence-electron chi connectivity index (χ3n) is 4.67. The summed E-state index contributed by atoms with van der Waals surface area (Å²) in [5.41, 5.74) is 2.30. The molecule has 2 heterocycles. The van der Waals surface area contributed by atoms with Gasteiger partial charge in [0.1, 0.15) is 22.4 Å². The third kappa shape index (κ3) is 2.78. The number of oxime groups is 1. The quantitative estimate of drug-likeness (QED) is 0.740. The van der Waals surface area contributed by atoms with E-state index in [1.807, 2.05) is 49.4 Å². The molecule has 2 aliphatic rings. The average Bonchev–Trinajstić information content (AvgIpc) is 3.21. The minimum Gasteiger partial charge on any atom is -0.431 e. The van der Waals surface area contributed by atoms with E-state index in [2.05, 4.69) is 5.16 Å². The predicted molar refractivity (Wildman–Crippen MR) is 99.4 cm³/mol. The number of fused-ring (bicyclic) bond motifs is 1. The monoisotopic (exact) mass is 385 g/mol. The molecule has 4 atom stereocenters. The van der Waals surface area contributed by atoms with Crippen LogP contribution in [-0.4, -0.2) is 33.7 Å². The predicted octanol–water partition coefficient (Wildman–Crippen LogP) is 2.77. The van der Waals surface area contributed by atoms with E-state index >= 15 is 0 Å². The number of esters is 1. The summed E-state index contributed by atoms with van der Waals surface area (Å²) in [7, 11) is -1.83. The molecule has 140 valence electrons. The molecule has 7 heteroatoms. The van der Waals surface area contributed by atoms with Crippen LogP contribution in [0.2, 0.25) is 0 Å². The molecule has 0 unspecified atom stereocenters. The van der Waals surface area contributed by atoms with Crippen molar-refractivity contribution in [3.05, 3.63) is 65.7 Å². The number of carbonyl (C=O) groups is 1. The van der Waals surface area contributed by atoms with Crippen LogP contribution in [0.4, 0.5) is 0 Å². The van der Waals surface area contributed by atoms with Gasteiger partial charge < -0.3 is 14.3 Å². The minimum atomic E-state index is -1.83. The first-order chi connectivity index (χ1) is 13.1. The van der Waals surface area contributed by atoms with E-state index in [4.69, 9.17) is 14.3 Å². The van der Waals surface area contributed by atoms with Gasteiger partial charge in [0.05, 0.1) is 0 Å². The molecule has 27 heavy (non-hydrogen) atoms. The smallest absolute Gasteiger partial charge is 0.370 e. The zero-order chi connectivity index (χ0) is 19.0. The van der Waals surface area contributed by atoms with Crippen LogP contribution >= 0.6 is 0 Å². The number of aryl methyl sites for hydroxylation is 1. The number of nitrogens with zero attached hydrogens (tertiary/aromatic N) is 1. The van der Waals surface area contributed by atoms with Gasteiger partial charge in [0.15, 0.2) is 0 Å². The first-order valence-corrected chi connectivity index (χ1v) is 9.85. The lowest BCUT2D eigenvalue weighted by Gasteiger charge is -2.23. The molecule has 0 bridgehead atoms. The number of hydrogen-bond acceptors (Lipinski definition) is 6. The summed E-state index contributed by atoms with van der Waals surface area (Å²) < 4.78 is 24.5. The molecule has 2 aromatic rings. The van der Waals surface area contributed by atoms with Gasteiger partial charge in [-0.2, -0.15) is 0 Å². The molecular formula is C20H19NO5S. The van der Waals surface area contributed by atoms with E-state index in [1.54, 1.807) is 19.1 Å². The molecule has 0 saturated carbocycles. The molecule has 1 fully saturated rings. The fourth-order valence-corrected chi connectivity index (χ4v) is 4.83. The highest BCUT2D eigenvalue weighted by atomic mass is 32.2. The van der Waals surface area contributed by atoms with Gasteiger partial charge in [-0.05, 0) is 26.0 Å². The molecule has 2 aliphatic heterocycles. The Kier molecular flexibility index (Phi) is 4.57. The number of benzene rings is 2. The second-order valence-electron chi connectivity index (χ2n) is 6.39. The van der Waals surface area contributed by atoms with Gasteiger partial charge in [-0.15, -0.1) is 0 Å². The lowest BCUT2D eigenvalue weighted by molar-refractivity contribution is -0.167. The van der Waals surface area contributed by atoms with Gasteiger partial charge in [0.25, 0.3) is 0 Å². The maximum absolute atomic E-state index is 13.5. The number of ether oxygens (including phenoxy) is 2. The largest absolute Gasteiger partial charge is 0.431 e. The first-order valence-electron chi connectivity index (χ1n) is 8.70. The van der Waals surface area contributed by atoms with Crippen molar-refractivity contribution in [2.75, 3.05) is 6.61 Å². The third-order valence-corrected chi connectivity index (χ3v) is 6.42. The molecule has 6 nitrogen and oxygen atoms in total. The summed E-state index contributed by atoms with van der Waals surface area (Å²) in [4.78, 5) is 17.2. The van der Waals surface area contributed by atoms with Crippen molar-refractivity contribution in [3.8, 4) is 0 Å². The molecule has 0 N–H and O–H groups in total. The molecular weight excluding hydrogens is 366 g/mol. The van der Waals surface area contributed by atoms with Gasteiger partial charge in [0.2, 0.25) is 6.29 Å². The van der Waals surface area contributed by atoms with Crippen LogP contribution in [-0.2, 0) is 29.9 Å². The number of rotatable bonds is 5. The Hall–Kier alpha value is -2.51. The molecule has 0 radical (unpaired) electrons. The van der Waals surface area contributed by atoms with Gasteiger partial charge in [-0.25, -0.2) is 9.00 Å². The zero-order valence-electron chi connectivity index (χ0n) is 15.0. The van der Waals surface area contributed by atoms with Crippen molar-refractivity contribution >= 4 is 22.5 Å². The highest BCUT2D eigenvalue weighted by molar-refractivity contribution is 7.87. The first kappa shape index (κ1) is 17.9. The second kappa shape index (κ2) is 6.90. The molecule has 2 aromatic carbocycles. The zero-order valence-corrected chi connectivity index (χ0v) is 15.8. The maximum atomic E-state index is 13.5. The average molecular weight is 385 g/mol. The summed E-state index contributed by atoms with van der Waals surface area (Å²) in [6.45, 7) is 4.08. The van der Waals surface area contributed by atoms with Crippen molar-refractivity contribution in [1.82, 2.24) is 0 Å². The molecule has 0 spiro atoms. The Bertz CT molecular complexity index is 912. The van der Waals surface area contributed by atoms with E-state index < -0.39 is 33.9 Å². The highest BCUT2D eigenvalue weighted by Gasteiger charge is 2.70. The topological polar surface area (TPSA) is 74.2 Å². The Balaban J connectivity index is 1.79. The summed E-state index contributed by atoms with van der Waals surface area (Å²) in [6.07, 6.45) is -0.904. The molecule has 0 amide bonds. The lowest BCUT2D eigenvalue weighted by atomic mass is 9.93. The summed E-state index contributed by atoms with van der Waals surface area (Å²) in [5.74, 6) is -1.45. The summed E-state index contributed by atoms with van der Waals surface area (Å²) >= 11 is 0. The number of carbonyl (C=O) groups excluding carboxylic acids is 1. The van der Waals surface area contributed by atoms with Crippen molar-refractivity contribution in [2.45, 2.75) is 30.0 Å². The van der Waals surface area contributed by atoms with Gasteiger partial charge in [0, 0.05) is 17.1 Å². The fraction of sp³-hybridized carbons (Fsp3) is 0.300. The van der Waals surface area contributed by atoms with Gasteiger partial charge in [-0.3, -0.25) is 0 Å². The van der Waals surface area contributed by atoms with Crippen LogP contribution < -0.4 is 0 Å². The summed E-state index contributed by atoms with van der Waals surface area (Å²) in [6, 6.07) is 16.5. The Labute approximate surface area is 159 Å². The Morgan fingerprint density at radius 1 is 1.15 bits per heavy atom. The lowest BCUT2D eigenvalue weighted by Crippen LogP contribution is -2.47. The van der Waals surface area contributed by atoms with Crippen LogP contribution in [0.1, 0.15) is 18.1 Å². The van der Waals surface area contributed by atoms with Crippen molar-refractivity contribution in [2.24, 2.45) is 11.1 Å². The van der Waals surface area contributed by atoms with Crippen molar-refractivity contribution < 1.29 is 23.3 Å². The van der Waals surface area contributed by atoms with Crippen LogP contribution in [0.25, 0.3) is 0 Å².